The quantitative estimate of drug-likeness (QED) is 0.704. The van der Waals surface area contributed by atoms with Crippen molar-refractivity contribution in [1.29, 1.82) is 5.26 Å². The van der Waals surface area contributed by atoms with E-state index in [2.05, 4.69) is 5.10 Å². The van der Waals surface area contributed by atoms with E-state index in [0.717, 1.165) is 10.2 Å². The Morgan fingerprint density at radius 1 is 1.11 bits per heavy atom. The smallest absolute Gasteiger partial charge is 0.248 e. The van der Waals surface area contributed by atoms with Crippen LogP contribution in [-0.2, 0) is 16.6 Å². The van der Waals surface area contributed by atoms with Crippen molar-refractivity contribution in [1.82, 2.24) is 9.78 Å². The van der Waals surface area contributed by atoms with Gasteiger partial charge in [-0.3, -0.25) is 0 Å². The number of nitriles is 1. The minimum absolute atomic E-state index is 0.0984. The fourth-order valence-corrected chi connectivity index (χ4v) is 3.41. The van der Waals surface area contributed by atoms with Gasteiger partial charge in [0.05, 0.1) is 11.0 Å². The predicted octanol–water partition coefficient (Wildman–Crippen LogP) is 3.63. The van der Waals surface area contributed by atoms with Crippen LogP contribution in [0.4, 0.5) is 8.78 Å². The van der Waals surface area contributed by atoms with E-state index in [1.165, 1.54) is 24.3 Å². The molecule has 0 aliphatic carbocycles. The second-order valence-electron chi connectivity index (χ2n) is 6.16. The largest absolute Gasteiger partial charge is 0.280 e. The molecule has 144 valence electrons. The van der Waals surface area contributed by atoms with E-state index in [0.29, 0.717) is 11.1 Å². The molecule has 2 aromatic carbocycles. The van der Waals surface area contributed by atoms with Crippen LogP contribution in [-0.4, -0.2) is 18.2 Å². The zero-order valence-corrected chi connectivity index (χ0v) is 15.6. The summed E-state index contributed by atoms with van der Waals surface area (Å²) < 4.78 is 51.6. The number of rotatable bonds is 5. The summed E-state index contributed by atoms with van der Waals surface area (Å²) in [6, 6.07) is 14.3. The van der Waals surface area contributed by atoms with Crippen molar-refractivity contribution in [2.24, 2.45) is 5.14 Å². The van der Waals surface area contributed by atoms with Crippen LogP contribution in [0.2, 0.25) is 0 Å². The van der Waals surface area contributed by atoms with Gasteiger partial charge >= 0.3 is 0 Å². The van der Waals surface area contributed by atoms with Gasteiger partial charge < -0.3 is 0 Å². The van der Waals surface area contributed by atoms with Crippen LogP contribution in [0.25, 0.3) is 22.4 Å². The van der Waals surface area contributed by atoms with Crippen LogP contribution in [0, 0.1) is 18.3 Å². The Labute approximate surface area is 160 Å². The number of primary sulfonamides is 1. The lowest BCUT2D eigenvalue weighted by atomic mass is 9.98. The summed E-state index contributed by atoms with van der Waals surface area (Å²) in [6.45, 7) is 1.54. The van der Waals surface area contributed by atoms with Crippen LogP contribution < -0.4 is 5.14 Å². The fraction of sp³-hybridized carbons (Fsp3) is 0.158. The molecule has 28 heavy (non-hydrogen) atoms. The number of aromatic nitrogens is 2. The molecule has 0 aliphatic rings. The zero-order chi connectivity index (χ0) is 20.5. The van der Waals surface area contributed by atoms with Crippen molar-refractivity contribution in [2.45, 2.75) is 24.8 Å². The Morgan fingerprint density at radius 3 is 2.18 bits per heavy atom. The molecule has 3 rings (SSSR count). The summed E-state index contributed by atoms with van der Waals surface area (Å²) in [5.74, 6) is 0. The number of hydrogen-bond donors (Lipinski definition) is 1. The third kappa shape index (κ3) is 3.78. The minimum atomic E-state index is -3.88. The number of nitrogens with zero attached hydrogens (tertiary/aromatic N) is 3. The number of sulfonamides is 1. The Morgan fingerprint density at radius 2 is 1.68 bits per heavy atom. The third-order valence-electron chi connectivity index (χ3n) is 4.22. The summed E-state index contributed by atoms with van der Waals surface area (Å²) in [5, 5.41) is 18.3. The summed E-state index contributed by atoms with van der Waals surface area (Å²) in [5.41, 5.74) is 1.99. The maximum absolute atomic E-state index is 13.9. The van der Waals surface area contributed by atoms with Crippen LogP contribution in [0.15, 0.2) is 53.4 Å². The highest BCUT2D eigenvalue weighted by atomic mass is 32.2. The average molecular weight is 402 g/mol. The van der Waals surface area contributed by atoms with Crippen LogP contribution in [0.5, 0.6) is 0 Å². The van der Waals surface area contributed by atoms with Crippen molar-refractivity contribution < 1.29 is 17.2 Å². The van der Waals surface area contributed by atoms with Crippen molar-refractivity contribution in [3.05, 3.63) is 59.8 Å². The summed E-state index contributed by atoms with van der Waals surface area (Å²) in [4.78, 5) is -0.0984. The number of alkyl halides is 2. The molecule has 0 aliphatic heterocycles. The molecule has 0 fully saturated rings. The molecular formula is C19H16F2N4O2S. The van der Waals surface area contributed by atoms with Gasteiger partial charge in [-0.1, -0.05) is 42.0 Å². The summed E-state index contributed by atoms with van der Waals surface area (Å²) in [7, 11) is -3.88. The highest BCUT2D eigenvalue weighted by molar-refractivity contribution is 7.89. The molecule has 0 unspecified atom stereocenters. The van der Waals surface area contributed by atoms with Gasteiger partial charge in [0, 0.05) is 11.1 Å². The number of hydrogen-bond acceptors (Lipinski definition) is 4. The molecule has 0 radical (unpaired) electrons. The van der Waals surface area contributed by atoms with E-state index in [4.69, 9.17) is 10.4 Å². The van der Waals surface area contributed by atoms with Crippen LogP contribution in [0.3, 0.4) is 0 Å². The highest BCUT2D eigenvalue weighted by Crippen LogP contribution is 2.39. The maximum atomic E-state index is 13.9. The monoisotopic (exact) mass is 402 g/mol. The lowest BCUT2D eigenvalue weighted by Crippen LogP contribution is -2.11. The highest BCUT2D eigenvalue weighted by Gasteiger charge is 2.26. The van der Waals surface area contributed by atoms with Crippen LogP contribution >= 0.6 is 0 Å². The van der Waals surface area contributed by atoms with Crippen molar-refractivity contribution in [2.75, 3.05) is 0 Å². The van der Waals surface area contributed by atoms with E-state index >= 15 is 0 Å². The van der Waals surface area contributed by atoms with Crippen molar-refractivity contribution >= 4 is 10.0 Å². The lowest BCUT2D eigenvalue weighted by molar-refractivity contribution is 0.140. The predicted molar refractivity (Wildman–Crippen MR) is 99.8 cm³/mol. The van der Waals surface area contributed by atoms with Gasteiger partial charge in [-0.25, -0.2) is 27.0 Å². The molecule has 0 amide bonds. The molecule has 0 spiro atoms. The molecule has 1 aromatic heterocycles. The standard InChI is InChI=1S/C19H16F2N4O2S/c1-12-2-4-13(5-3-12)16-17(24-25(11-10-22)18(16)19(20)21)14-6-8-15(9-7-14)28(23,26)27/h2-9,19H,11H2,1H3,(H2,23,26,27). The molecule has 3 aromatic rings. The normalized spacial score (nSPS) is 11.6. The lowest BCUT2D eigenvalue weighted by Gasteiger charge is -2.08. The Kier molecular flexibility index (Phi) is 5.27. The first-order valence-corrected chi connectivity index (χ1v) is 9.73. The Hall–Kier alpha value is -3.09. The Balaban J connectivity index is 2.26. The Bertz CT molecular complexity index is 1150. The summed E-state index contributed by atoms with van der Waals surface area (Å²) >= 11 is 0. The fourth-order valence-electron chi connectivity index (χ4n) is 2.89. The van der Waals surface area contributed by atoms with Gasteiger partial charge in [0.2, 0.25) is 10.0 Å². The van der Waals surface area contributed by atoms with Gasteiger partial charge in [-0.15, -0.1) is 0 Å². The second-order valence-corrected chi connectivity index (χ2v) is 7.72. The van der Waals surface area contributed by atoms with Crippen LogP contribution in [0.1, 0.15) is 17.7 Å². The van der Waals surface area contributed by atoms with E-state index in [9.17, 15) is 17.2 Å². The van der Waals surface area contributed by atoms with Gasteiger partial charge in [0.15, 0.2) is 0 Å². The topological polar surface area (TPSA) is 102 Å². The first-order chi connectivity index (χ1) is 13.2. The number of nitrogens with two attached hydrogens (primary N) is 1. The second kappa shape index (κ2) is 7.50. The van der Waals surface area contributed by atoms with Crippen molar-refractivity contribution in [3.8, 4) is 28.5 Å². The van der Waals surface area contributed by atoms with E-state index in [1.807, 2.05) is 13.0 Å². The molecular weight excluding hydrogens is 386 g/mol. The number of aryl methyl sites for hydroxylation is 1. The van der Waals surface area contributed by atoms with Gasteiger partial charge in [0.1, 0.15) is 17.9 Å². The van der Waals surface area contributed by atoms with Crippen molar-refractivity contribution in [3.63, 3.8) is 0 Å². The first kappa shape index (κ1) is 19.7. The molecule has 6 nitrogen and oxygen atoms in total. The maximum Gasteiger partial charge on any atom is 0.280 e. The zero-order valence-electron chi connectivity index (χ0n) is 14.8. The van der Waals surface area contributed by atoms with E-state index < -0.39 is 16.4 Å². The molecule has 0 saturated carbocycles. The molecule has 0 atom stereocenters. The first-order valence-electron chi connectivity index (χ1n) is 8.18. The molecule has 2 N–H and O–H groups in total. The molecule has 0 saturated heterocycles. The number of benzene rings is 2. The minimum Gasteiger partial charge on any atom is -0.248 e. The van der Waals surface area contributed by atoms with Gasteiger partial charge in [0.25, 0.3) is 6.43 Å². The van der Waals surface area contributed by atoms with E-state index in [1.54, 1.807) is 24.3 Å². The average Bonchev–Trinajstić information content (AvgIpc) is 3.01. The SMILES string of the molecule is Cc1ccc(-c2c(-c3ccc(S(N)(=O)=O)cc3)nn(CC#N)c2C(F)F)cc1. The van der Waals surface area contributed by atoms with Gasteiger partial charge in [-0.2, -0.15) is 10.4 Å². The molecule has 1 heterocycles. The summed E-state index contributed by atoms with van der Waals surface area (Å²) in [6.07, 6.45) is -2.85. The molecule has 9 heteroatoms. The molecule has 0 bridgehead atoms. The third-order valence-corrected chi connectivity index (χ3v) is 5.14. The van der Waals surface area contributed by atoms with Gasteiger partial charge in [-0.05, 0) is 24.6 Å². The number of halogens is 2. The van der Waals surface area contributed by atoms with E-state index in [-0.39, 0.29) is 28.4 Å².